The Hall–Kier alpha value is -2.62. The second kappa shape index (κ2) is 10.1. The maximum absolute atomic E-state index is 12.8. The highest BCUT2D eigenvalue weighted by Gasteiger charge is 2.34. The number of carbonyl (C=O) groups excluding carboxylic acids is 3. The standard InChI is InChI=1S/C23H23ClN2O5S2/c1-13(21(29)31-23(2,3)4)25-19(27)12-26-20(28)18(33-22(26)32)11-14-9-10-17(30-14)15-7-5-6-8-16(15)24/h5-11,13H,12H2,1-4H3,(H,25,27)/b18-11-/t13-/m0/s1. The van der Waals surface area contributed by atoms with E-state index in [0.29, 0.717) is 21.4 Å². The van der Waals surface area contributed by atoms with Crippen molar-refractivity contribution in [1.29, 1.82) is 0 Å². The molecule has 1 aromatic heterocycles. The third kappa shape index (κ3) is 6.46. The van der Waals surface area contributed by atoms with Crippen molar-refractivity contribution in [1.82, 2.24) is 10.2 Å². The summed E-state index contributed by atoms with van der Waals surface area (Å²) in [4.78, 5) is 38.8. The fourth-order valence-electron chi connectivity index (χ4n) is 2.88. The predicted molar refractivity (Wildman–Crippen MR) is 132 cm³/mol. The van der Waals surface area contributed by atoms with Gasteiger partial charge in [-0.05, 0) is 52.0 Å². The van der Waals surface area contributed by atoms with Crippen molar-refractivity contribution in [3.8, 4) is 11.3 Å². The van der Waals surface area contributed by atoms with Crippen LogP contribution in [-0.4, -0.2) is 45.2 Å². The minimum Gasteiger partial charge on any atom is -0.458 e. The molecular formula is C23H23ClN2O5S2. The molecule has 0 aliphatic carbocycles. The molecule has 3 rings (SSSR count). The van der Waals surface area contributed by atoms with E-state index in [2.05, 4.69) is 5.32 Å². The fraction of sp³-hybridized carbons (Fsp3) is 0.304. The van der Waals surface area contributed by atoms with E-state index in [1.54, 1.807) is 45.0 Å². The average molecular weight is 507 g/mol. The van der Waals surface area contributed by atoms with Gasteiger partial charge >= 0.3 is 5.97 Å². The molecule has 7 nitrogen and oxygen atoms in total. The summed E-state index contributed by atoms with van der Waals surface area (Å²) in [6.45, 7) is 6.43. The Morgan fingerprint density at radius 2 is 1.97 bits per heavy atom. The van der Waals surface area contributed by atoms with E-state index in [9.17, 15) is 14.4 Å². The maximum Gasteiger partial charge on any atom is 0.328 e. The van der Waals surface area contributed by atoms with Crippen LogP contribution < -0.4 is 5.32 Å². The lowest BCUT2D eigenvalue weighted by Gasteiger charge is -2.23. The number of halogens is 1. The lowest BCUT2D eigenvalue weighted by Crippen LogP contribution is -2.46. The van der Waals surface area contributed by atoms with Gasteiger partial charge in [0.1, 0.15) is 34.0 Å². The molecule has 1 aromatic carbocycles. The van der Waals surface area contributed by atoms with E-state index in [1.165, 1.54) is 11.8 Å². The molecule has 2 amide bonds. The van der Waals surface area contributed by atoms with Crippen LogP contribution in [0.5, 0.6) is 0 Å². The first-order valence-electron chi connectivity index (χ1n) is 10.1. The summed E-state index contributed by atoms with van der Waals surface area (Å²) in [5, 5.41) is 3.09. The highest BCUT2D eigenvalue weighted by molar-refractivity contribution is 8.26. The van der Waals surface area contributed by atoms with Gasteiger partial charge in [-0.15, -0.1) is 0 Å². The van der Waals surface area contributed by atoms with E-state index in [4.69, 9.17) is 33.0 Å². The molecule has 33 heavy (non-hydrogen) atoms. The van der Waals surface area contributed by atoms with Gasteiger partial charge in [0.05, 0.1) is 9.93 Å². The molecule has 1 aliphatic heterocycles. The molecule has 0 spiro atoms. The number of thiocarbonyl (C=S) groups is 1. The van der Waals surface area contributed by atoms with Gasteiger partial charge in [0, 0.05) is 11.6 Å². The minimum atomic E-state index is -0.864. The number of furan rings is 1. The van der Waals surface area contributed by atoms with Gasteiger partial charge in [-0.2, -0.15) is 0 Å². The molecule has 10 heteroatoms. The Morgan fingerprint density at radius 1 is 1.27 bits per heavy atom. The van der Waals surface area contributed by atoms with Gasteiger partial charge < -0.3 is 14.5 Å². The van der Waals surface area contributed by atoms with Gasteiger partial charge in [-0.25, -0.2) is 4.79 Å². The molecule has 1 atom stereocenters. The molecule has 1 aliphatic rings. The van der Waals surface area contributed by atoms with E-state index in [1.807, 2.05) is 18.2 Å². The van der Waals surface area contributed by atoms with Crippen LogP contribution in [0.2, 0.25) is 5.02 Å². The highest BCUT2D eigenvalue weighted by Crippen LogP contribution is 2.34. The van der Waals surface area contributed by atoms with Gasteiger partial charge in [0.15, 0.2) is 0 Å². The summed E-state index contributed by atoms with van der Waals surface area (Å²) < 4.78 is 11.3. The number of amides is 2. The van der Waals surface area contributed by atoms with Gasteiger partial charge in [-0.3, -0.25) is 14.5 Å². The number of carbonyl (C=O) groups is 3. The average Bonchev–Trinajstić information content (AvgIpc) is 3.27. The van der Waals surface area contributed by atoms with Crippen LogP contribution in [-0.2, 0) is 19.1 Å². The molecule has 0 saturated carbocycles. The summed E-state index contributed by atoms with van der Waals surface area (Å²) in [5.74, 6) is -0.481. The number of rotatable bonds is 6. The summed E-state index contributed by atoms with van der Waals surface area (Å²) in [7, 11) is 0. The zero-order valence-electron chi connectivity index (χ0n) is 18.5. The van der Waals surface area contributed by atoms with Crippen LogP contribution in [0, 0.1) is 0 Å². The Labute approximate surface area is 206 Å². The fourth-order valence-corrected chi connectivity index (χ4v) is 4.35. The zero-order chi connectivity index (χ0) is 24.3. The Morgan fingerprint density at radius 3 is 2.64 bits per heavy atom. The van der Waals surface area contributed by atoms with Crippen molar-refractivity contribution < 1.29 is 23.5 Å². The number of hydrogen-bond donors (Lipinski definition) is 1. The van der Waals surface area contributed by atoms with Crippen LogP contribution in [0.3, 0.4) is 0 Å². The highest BCUT2D eigenvalue weighted by atomic mass is 35.5. The molecule has 1 saturated heterocycles. The molecule has 2 aromatic rings. The number of esters is 1. The molecule has 1 fully saturated rings. The van der Waals surface area contributed by atoms with Gasteiger partial charge in [0.2, 0.25) is 5.91 Å². The number of nitrogens with one attached hydrogen (secondary N) is 1. The topological polar surface area (TPSA) is 88.9 Å². The van der Waals surface area contributed by atoms with Crippen molar-refractivity contribution in [3.63, 3.8) is 0 Å². The second-order valence-corrected chi connectivity index (χ2v) is 10.4. The third-order valence-corrected chi connectivity index (χ3v) is 6.06. The number of nitrogens with zero attached hydrogens (tertiary/aromatic N) is 1. The lowest BCUT2D eigenvalue weighted by atomic mass is 10.2. The van der Waals surface area contributed by atoms with Crippen molar-refractivity contribution >= 4 is 63.8 Å². The van der Waals surface area contributed by atoms with Crippen LogP contribution in [0.25, 0.3) is 17.4 Å². The van der Waals surface area contributed by atoms with Crippen LogP contribution in [0.1, 0.15) is 33.5 Å². The first-order chi connectivity index (χ1) is 15.4. The predicted octanol–water partition coefficient (Wildman–Crippen LogP) is 4.65. The van der Waals surface area contributed by atoms with Crippen molar-refractivity contribution in [2.75, 3.05) is 6.54 Å². The van der Waals surface area contributed by atoms with Crippen molar-refractivity contribution in [2.24, 2.45) is 0 Å². The molecule has 2 heterocycles. The zero-order valence-corrected chi connectivity index (χ0v) is 20.9. The quantitative estimate of drug-likeness (QED) is 0.346. The van der Waals surface area contributed by atoms with Crippen LogP contribution >= 0.6 is 35.6 Å². The number of benzene rings is 1. The summed E-state index contributed by atoms with van der Waals surface area (Å²) in [6, 6.07) is 9.89. The molecule has 0 bridgehead atoms. The van der Waals surface area contributed by atoms with E-state index in [-0.39, 0.29) is 10.9 Å². The van der Waals surface area contributed by atoms with Crippen LogP contribution in [0.4, 0.5) is 0 Å². The van der Waals surface area contributed by atoms with Gasteiger partial charge in [-0.1, -0.05) is 47.7 Å². The monoisotopic (exact) mass is 506 g/mol. The Kier molecular flexibility index (Phi) is 7.66. The lowest BCUT2D eigenvalue weighted by molar-refractivity contribution is -0.158. The summed E-state index contributed by atoms with van der Waals surface area (Å²) in [6.07, 6.45) is 1.57. The maximum atomic E-state index is 12.8. The SMILES string of the molecule is C[C@H](NC(=O)CN1C(=O)/C(=C/c2ccc(-c3ccccc3Cl)o2)SC1=S)C(=O)OC(C)(C)C. The Bertz CT molecular complexity index is 1140. The number of thioether (sulfide) groups is 1. The van der Waals surface area contributed by atoms with Crippen LogP contribution in [0.15, 0.2) is 45.7 Å². The van der Waals surface area contributed by atoms with Crippen molar-refractivity contribution in [2.45, 2.75) is 39.3 Å². The number of hydrogen-bond acceptors (Lipinski definition) is 7. The molecule has 1 N–H and O–H groups in total. The minimum absolute atomic E-state index is 0.240. The molecule has 0 radical (unpaired) electrons. The summed E-state index contributed by atoms with van der Waals surface area (Å²) >= 11 is 12.6. The van der Waals surface area contributed by atoms with Crippen molar-refractivity contribution in [3.05, 3.63) is 52.1 Å². The normalized spacial score (nSPS) is 16.3. The van der Waals surface area contributed by atoms with E-state index < -0.39 is 29.4 Å². The smallest absolute Gasteiger partial charge is 0.328 e. The first-order valence-corrected chi connectivity index (χ1v) is 11.7. The van der Waals surface area contributed by atoms with Gasteiger partial charge in [0.25, 0.3) is 5.91 Å². The first kappa shape index (κ1) is 25.0. The number of ether oxygens (including phenoxy) is 1. The van der Waals surface area contributed by atoms with E-state index >= 15 is 0 Å². The Balaban J connectivity index is 1.65. The molecular weight excluding hydrogens is 484 g/mol. The second-order valence-electron chi connectivity index (χ2n) is 8.27. The molecule has 0 unspecified atom stereocenters. The molecule has 174 valence electrons. The van der Waals surface area contributed by atoms with E-state index in [0.717, 1.165) is 17.3 Å². The third-order valence-electron chi connectivity index (χ3n) is 4.35. The summed E-state index contributed by atoms with van der Waals surface area (Å²) in [5.41, 5.74) is 0.0679. The largest absolute Gasteiger partial charge is 0.458 e.